The fourth-order valence-corrected chi connectivity index (χ4v) is 4.18. The first-order valence-corrected chi connectivity index (χ1v) is 11.1. The van der Waals surface area contributed by atoms with E-state index in [1.165, 1.54) is 6.07 Å². The Hall–Kier alpha value is -3.50. The van der Waals surface area contributed by atoms with Crippen molar-refractivity contribution >= 4 is 28.2 Å². The van der Waals surface area contributed by atoms with Gasteiger partial charge in [-0.15, -0.1) is 0 Å². The minimum absolute atomic E-state index is 0.0732. The van der Waals surface area contributed by atoms with E-state index in [-0.39, 0.29) is 12.5 Å². The Bertz CT molecular complexity index is 1270. The first-order chi connectivity index (χ1) is 15.6. The Morgan fingerprint density at radius 1 is 1.12 bits per heavy atom. The van der Waals surface area contributed by atoms with Crippen LogP contribution in [0.2, 0.25) is 0 Å². The zero-order chi connectivity index (χ0) is 21.9. The molecule has 10 heteroatoms. The number of amides is 1. The summed E-state index contributed by atoms with van der Waals surface area (Å²) in [6, 6.07) is 10.2. The van der Waals surface area contributed by atoms with E-state index >= 15 is 0 Å². The molecule has 0 unspecified atom stereocenters. The molecular formula is C22H20N4O5S. The van der Waals surface area contributed by atoms with Gasteiger partial charge in [0, 0.05) is 54.6 Å². The Morgan fingerprint density at radius 3 is 2.78 bits per heavy atom. The number of rotatable bonds is 6. The van der Waals surface area contributed by atoms with Crippen molar-refractivity contribution in [2.75, 3.05) is 32.8 Å². The Morgan fingerprint density at radius 2 is 1.97 bits per heavy atom. The maximum absolute atomic E-state index is 12.6. The van der Waals surface area contributed by atoms with E-state index in [0.717, 1.165) is 10.9 Å². The number of carbonyl (C=O) groups is 1. The second-order valence-corrected chi connectivity index (χ2v) is 8.20. The number of aromatic nitrogens is 2. The van der Waals surface area contributed by atoms with Crippen LogP contribution in [0.15, 0.2) is 60.9 Å². The number of fused-ring (bicyclic) bond motifs is 1. The van der Waals surface area contributed by atoms with Crippen molar-refractivity contribution in [2.24, 2.45) is 0 Å². The van der Waals surface area contributed by atoms with E-state index in [4.69, 9.17) is 13.7 Å². The number of thiophene rings is 1. The van der Waals surface area contributed by atoms with Crippen LogP contribution in [0, 0.1) is 0 Å². The Labute approximate surface area is 186 Å². The number of ether oxygens (including phenoxy) is 1. The molecule has 4 heterocycles. The quantitative estimate of drug-likeness (QED) is 0.412. The van der Waals surface area contributed by atoms with E-state index in [0.29, 0.717) is 55.8 Å². The summed E-state index contributed by atoms with van der Waals surface area (Å²) in [6.07, 6.45) is 0. The van der Waals surface area contributed by atoms with Crippen LogP contribution in [-0.4, -0.2) is 58.6 Å². The minimum atomic E-state index is -0.424. The summed E-state index contributed by atoms with van der Waals surface area (Å²) in [7, 11) is 0. The number of hydrogen-bond acceptors (Lipinski definition) is 9. The van der Waals surface area contributed by atoms with E-state index < -0.39 is 5.63 Å². The number of hydrogen-bond donors (Lipinski definition) is 0. The van der Waals surface area contributed by atoms with Crippen molar-refractivity contribution in [3.63, 3.8) is 0 Å². The van der Waals surface area contributed by atoms with Gasteiger partial charge in [0.2, 0.25) is 11.7 Å². The van der Waals surface area contributed by atoms with E-state index in [9.17, 15) is 9.59 Å². The second-order valence-electron chi connectivity index (χ2n) is 7.42. The van der Waals surface area contributed by atoms with Crippen LogP contribution in [0.1, 0.15) is 5.89 Å². The third-order valence-electron chi connectivity index (χ3n) is 5.29. The van der Waals surface area contributed by atoms with Crippen LogP contribution >= 0.6 is 11.3 Å². The van der Waals surface area contributed by atoms with Crippen LogP contribution in [0.25, 0.3) is 22.4 Å². The number of piperazine rings is 1. The molecule has 164 valence electrons. The Kier molecular flexibility index (Phi) is 5.70. The highest BCUT2D eigenvalue weighted by Crippen LogP contribution is 2.21. The monoisotopic (exact) mass is 452 g/mol. The van der Waals surface area contributed by atoms with Gasteiger partial charge in [-0.2, -0.15) is 16.3 Å². The van der Waals surface area contributed by atoms with Gasteiger partial charge in [0.25, 0.3) is 5.91 Å². The summed E-state index contributed by atoms with van der Waals surface area (Å²) in [4.78, 5) is 32.3. The maximum atomic E-state index is 12.6. The highest BCUT2D eigenvalue weighted by Gasteiger charge is 2.23. The molecule has 1 amide bonds. The van der Waals surface area contributed by atoms with Crippen LogP contribution < -0.4 is 10.4 Å². The molecule has 4 aromatic rings. The maximum Gasteiger partial charge on any atom is 0.336 e. The summed E-state index contributed by atoms with van der Waals surface area (Å²) < 4.78 is 16.2. The zero-order valence-electron chi connectivity index (χ0n) is 17.1. The van der Waals surface area contributed by atoms with Gasteiger partial charge in [-0.05, 0) is 29.6 Å². The number of carbonyl (C=O) groups excluding carboxylic acids is 1. The lowest BCUT2D eigenvalue weighted by Crippen LogP contribution is -2.49. The number of nitrogens with zero attached hydrogens (tertiary/aromatic N) is 4. The standard InChI is InChI=1S/C22H20N4O5S/c27-20(13-29-17-3-1-15-2-4-21(28)30-18(15)11-17)26-8-6-25(7-9-26)12-19-23-22(24-31-19)16-5-10-32-14-16/h1-5,10-11,14H,6-9,12-13H2. The van der Waals surface area contributed by atoms with Crippen molar-refractivity contribution in [3.8, 4) is 17.1 Å². The SMILES string of the molecule is O=C(COc1ccc2ccc(=O)oc2c1)N1CCN(Cc2nc(-c3ccsc3)no2)CC1. The normalized spacial score (nSPS) is 14.7. The topological polar surface area (TPSA) is 102 Å². The molecular weight excluding hydrogens is 432 g/mol. The molecule has 0 aliphatic carbocycles. The first kappa shape index (κ1) is 20.4. The van der Waals surface area contributed by atoms with Gasteiger partial charge in [-0.25, -0.2) is 4.79 Å². The van der Waals surface area contributed by atoms with Gasteiger partial charge in [0.1, 0.15) is 11.3 Å². The summed E-state index contributed by atoms with van der Waals surface area (Å²) in [5.74, 6) is 1.56. The molecule has 32 heavy (non-hydrogen) atoms. The highest BCUT2D eigenvalue weighted by atomic mass is 32.1. The molecule has 1 fully saturated rings. The summed E-state index contributed by atoms with van der Waals surface area (Å²) in [5, 5.41) is 8.78. The van der Waals surface area contributed by atoms with Crippen LogP contribution in [0.4, 0.5) is 0 Å². The predicted octanol–water partition coefficient (Wildman–Crippen LogP) is 2.63. The van der Waals surface area contributed by atoms with Gasteiger partial charge < -0.3 is 18.6 Å². The van der Waals surface area contributed by atoms with Crippen LogP contribution in [0.3, 0.4) is 0 Å². The van der Waals surface area contributed by atoms with Crippen molar-refractivity contribution in [2.45, 2.75) is 6.54 Å². The molecule has 0 radical (unpaired) electrons. The summed E-state index contributed by atoms with van der Waals surface area (Å²) in [5.41, 5.74) is 0.958. The molecule has 0 N–H and O–H groups in total. The molecule has 1 saturated heterocycles. The lowest BCUT2D eigenvalue weighted by molar-refractivity contribution is -0.135. The summed E-state index contributed by atoms with van der Waals surface area (Å²) in [6.45, 7) is 3.10. The molecule has 0 saturated carbocycles. The molecule has 1 aromatic carbocycles. The average molecular weight is 452 g/mol. The molecule has 5 rings (SSSR count). The van der Waals surface area contributed by atoms with Crippen LogP contribution in [0.5, 0.6) is 5.75 Å². The van der Waals surface area contributed by atoms with E-state index in [1.54, 1.807) is 40.5 Å². The van der Waals surface area contributed by atoms with E-state index in [2.05, 4.69) is 15.0 Å². The molecule has 0 atom stereocenters. The lowest BCUT2D eigenvalue weighted by atomic mass is 10.2. The molecule has 3 aromatic heterocycles. The largest absolute Gasteiger partial charge is 0.484 e. The fourth-order valence-electron chi connectivity index (χ4n) is 3.54. The van der Waals surface area contributed by atoms with Gasteiger partial charge >= 0.3 is 5.63 Å². The van der Waals surface area contributed by atoms with Gasteiger partial charge in [-0.3, -0.25) is 9.69 Å². The highest BCUT2D eigenvalue weighted by molar-refractivity contribution is 7.08. The van der Waals surface area contributed by atoms with Gasteiger partial charge in [-0.1, -0.05) is 5.16 Å². The fraction of sp³-hybridized carbons (Fsp3) is 0.273. The number of benzene rings is 1. The molecule has 9 nitrogen and oxygen atoms in total. The van der Waals surface area contributed by atoms with Crippen molar-refractivity contribution < 1.29 is 18.5 Å². The first-order valence-electron chi connectivity index (χ1n) is 10.2. The Balaban J connectivity index is 1.11. The molecule has 1 aliphatic rings. The van der Waals surface area contributed by atoms with Gasteiger partial charge in [0.05, 0.1) is 6.54 Å². The van der Waals surface area contributed by atoms with Crippen molar-refractivity contribution in [1.82, 2.24) is 19.9 Å². The van der Waals surface area contributed by atoms with Crippen molar-refractivity contribution in [1.29, 1.82) is 0 Å². The van der Waals surface area contributed by atoms with Gasteiger partial charge in [0.15, 0.2) is 6.61 Å². The smallest absolute Gasteiger partial charge is 0.336 e. The average Bonchev–Trinajstić information content (AvgIpc) is 3.50. The molecule has 0 spiro atoms. The molecule has 1 aliphatic heterocycles. The lowest BCUT2D eigenvalue weighted by Gasteiger charge is -2.33. The predicted molar refractivity (Wildman–Crippen MR) is 117 cm³/mol. The second kappa shape index (κ2) is 8.93. The third-order valence-corrected chi connectivity index (χ3v) is 5.97. The van der Waals surface area contributed by atoms with Crippen LogP contribution in [-0.2, 0) is 11.3 Å². The zero-order valence-corrected chi connectivity index (χ0v) is 17.9. The van der Waals surface area contributed by atoms with E-state index in [1.807, 2.05) is 16.8 Å². The molecule has 0 bridgehead atoms. The minimum Gasteiger partial charge on any atom is -0.484 e. The van der Waals surface area contributed by atoms with Crippen molar-refractivity contribution in [3.05, 3.63) is 63.5 Å². The third kappa shape index (κ3) is 4.56. The summed E-state index contributed by atoms with van der Waals surface area (Å²) >= 11 is 1.59.